The highest BCUT2D eigenvalue weighted by Gasteiger charge is 2.19. The Labute approximate surface area is 97.3 Å². The predicted octanol–water partition coefficient (Wildman–Crippen LogP) is 2.09. The lowest BCUT2D eigenvalue weighted by atomic mass is 10.0. The molecule has 17 heavy (non-hydrogen) atoms. The quantitative estimate of drug-likeness (QED) is 0.870. The van der Waals surface area contributed by atoms with Crippen LogP contribution < -0.4 is 0 Å². The van der Waals surface area contributed by atoms with Crippen LogP contribution in [0.2, 0.25) is 0 Å². The number of hydrogen-bond acceptors (Lipinski definition) is 2. The van der Waals surface area contributed by atoms with Crippen LogP contribution in [0.15, 0.2) is 24.4 Å². The van der Waals surface area contributed by atoms with Gasteiger partial charge < -0.3 is 5.11 Å². The van der Waals surface area contributed by atoms with E-state index >= 15 is 0 Å². The number of aryl methyl sites for hydroxylation is 2. The Balaban J connectivity index is 2.43. The number of aromatic nitrogens is 2. The summed E-state index contributed by atoms with van der Waals surface area (Å²) >= 11 is 0. The zero-order chi connectivity index (χ0) is 12.6. The van der Waals surface area contributed by atoms with Gasteiger partial charge in [-0.15, -0.1) is 0 Å². The molecule has 0 radical (unpaired) electrons. The average Bonchev–Trinajstić information content (AvgIpc) is 2.57. The fraction of sp³-hybridized carbons (Fsp3) is 0.250. The third kappa shape index (κ3) is 2.19. The predicted molar refractivity (Wildman–Crippen MR) is 58.4 cm³/mol. The van der Waals surface area contributed by atoms with E-state index in [-0.39, 0.29) is 5.56 Å². The second-order valence-corrected chi connectivity index (χ2v) is 3.91. The summed E-state index contributed by atoms with van der Waals surface area (Å²) in [6.45, 7) is 1.72. The molecule has 0 aliphatic heterocycles. The van der Waals surface area contributed by atoms with E-state index in [1.165, 1.54) is 10.7 Å². The van der Waals surface area contributed by atoms with Crippen LogP contribution in [0.5, 0.6) is 0 Å². The molecule has 3 nitrogen and oxygen atoms in total. The van der Waals surface area contributed by atoms with Gasteiger partial charge in [-0.05, 0) is 13.0 Å². The Morgan fingerprint density at radius 3 is 2.53 bits per heavy atom. The SMILES string of the molecule is Cc1nn(C)cc1C(O)c1ccc(F)cc1F. The molecule has 1 aromatic carbocycles. The van der Waals surface area contributed by atoms with Crippen LogP contribution in [-0.2, 0) is 7.05 Å². The first-order chi connectivity index (χ1) is 7.99. The molecule has 0 amide bonds. The molecule has 0 fully saturated rings. The van der Waals surface area contributed by atoms with Gasteiger partial charge in [0.1, 0.15) is 17.7 Å². The third-order valence-electron chi connectivity index (χ3n) is 2.60. The highest BCUT2D eigenvalue weighted by molar-refractivity contribution is 5.31. The molecule has 0 aliphatic carbocycles. The minimum absolute atomic E-state index is 0.0440. The average molecular weight is 238 g/mol. The first-order valence-electron chi connectivity index (χ1n) is 5.12. The van der Waals surface area contributed by atoms with Crippen molar-refractivity contribution in [2.45, 2.75) is 13.0 Å². The van der Waals surface area contributed by atoms with Crippen molar-refractivity contribution in [3.8, 4) is 0 Å². The normalized spacial score (nSPS) is 12.8. The summed E-state index contributed by atoms with van der Waals surface area (Å²) in [6, 6.07) is 3.11. The molecule has 0 aliphatic rings. The van der Waals surface area contributed by atoms with Crippen LogP contribution in [0.4, 0.5) is 8.78 Å². The van der Waals surface area contributed by atoms with E-state index in [9.17, 15) is 13.9 Å². The lowest BCUT2D eigenvalue weighted by Crippen LogP contribution is -2.03. The standard InChI is InChI=1S/C12H12F2N2O/c1-7-10(6-16(2)15-7)12(17)9-4-3-8(13)5-11(9)14/h3-6,12,17H,1-2H3. The topological polar surface area (TPSA) is 38.0 Å². The fourth-order valence-electron chi connectivity index (χ4n) is 1.78. The number of nitrogens with zero attached hydrogens (tertiary/aromatic N) is 2. The summed E-state index contributed by atoms with van der Waals surface area (Å²) in [4.78, 5) is 0. The van der Waals surface area contributed by atoms with Gasteiger partial charge in [0.25, 0.3) is 0 Å². The van der Waals surface area contributed by atoms with Gasteiger partial charge in [0, 0.05) is 30.4 Å². The lowest BCUT2D eigenvalue weighted by molar-refractivity contribution is 0.214. The molecule has 2 rings (SSSR count). The van der Waals surface area contributed by atoms with Gasteiger partial charge in [-0.2, -0.15) is 5.10 Å². The Kier molecular flexibility index (Phi) is 2.93. The van der Waals surface area contributed by atoms with Crippen molar-refractivity contribution in [2.75, 3.05) is 0 Å². The summed E-state index contributed by atoms with van der Waals surface area (Å²) in [5.41, 5.74) is 1.17. The van der Waals surface area contributed by atoms with Crippen molar-refractivity contribution >= 4 is 0 Å². The van der Waals surface area contributed by atoms with Crippen molar-refractivity contribution in [2.24, 2.45) is 7.05 Å². The molecule has 2 aromatic rings. The first kappa shape index (κ1) is 11.7. The minimum atomic E-state index is -1.13. The van der Waals surface area contributed by atoms with E-state index < -0.39 is 17.7 Å². The smallest absolute Gasteiger partial charge is 0.132 e. The molecule has 0 spiro atoms. The third-order valence-corrected chi connectivity index (χ3v) is 2.60. The number of aliphatic hydroxyl groups excluding tert-OH is 1. The molecule has 1 atom stereocenters. The van der Waals surface area contributed by atoms with Crippen molar-refractivity contribution in [3.05, 3.63) is 52.9 Å². The maximum atomic E-state index is 13.5. The molecule has 1 N–H and O–H groups in total. The largest absolute Gasteiger partial charge is 0.383 e. The Morgan fingerprint density at radius 1 is 1.29 bits per heavy atom. The molecule has 0 bridgehead atoms. The van der Waals surface area contributed by atoms with E-state index in [1.807, 2.05) is 0 Å². The molecular weight excluding hydrogens is 226 g/mol. The van der Waals surface area contributed by atoms with E-state index in [2.05, 4.69) is 5.10 Å². The van der Waals surface area contributed by atoms with E-state index in [1.54, 1.807) is 20.2 Å². The number of hydrogen-bond donors (Lipinski definition) is 1. The maximum Gasteiger partial charge on any atom is 0.132 e. The number of halogens is 2. The lowest BCUT2D eigenvalue weighted by Gasteiger charge is -2.11. The second kappa shape index (κ2) is 4.25. The fourth-order valence-corrected chi connectivity index (χ4v) is 1.78. The van der Waals surface area contributed by atoms with Crippen LogP contribution in [-0.4, -0.2) is 14.9 Å². The van der Waals surface area contributed by atoms with Crippen LogP contribution in [0.1, 0.15) is 22.9 Å². The summed E-state index contributed by atoms with van der Waals surface area (Å²) in [5.74, 6) is -1.43. The summed E-state index contributed by atoms with van der Waals surface area (Å²) in [6.07, 6.45) is 0.479. The molecule has 1 aromatic heterocycles. The van der Waals surface area contributed by atoms with Crippen LogP contribution >= 0.6 is 0 Å². The maximum absolute atomic E-state index is 13.5. The number of aliphatic hydroxyl groups is 1. The van der Waals surface area contributed by atoms with Gasteiger partial charge in [0.05, 0.1) is 5.69 Å². The zero-order valence-electron chi connectivity index (χ0n) is 9.48. The second-order valence-electron chi connectivity index (χ2n) is 3.91. The van der Waals surface area contributed by atoms with Gasteiger partial charge in [-0.3, -0.25) is 4.68 Å². The van der Waals surface area contributed by atoms with Gasteiger partial charge >= 0.3 is 0 Å². The number of benzene rings is 1. The van der Waals surface area contributed by atoms with Gasteiger partial charge in [-0.25, -0.2) is 8.78 Å². The Morgan fingerprint density at radius 2 is 2.00 bits per heavy atom. The molecule has 0 saturated carbocycles. The Hall–Kier alpha value is -1.75. The van der Waals surface area contributed by atoms with Crippen molar-refractivity contribution in [3.63, 3.8) is 0 Å². The summed E-state index contributed by atoms with van der Waals surface area (Å²) in [7, 11) is 1.71. The van der Waals surface area contributed by atoms with Gasteiger partial charge in [0.2, 0.25) is 0 Å². The monoisotopic (exact) mass is 238 g/mol. The van der Waals surface area contributed by atoms with Gasteiger partial charge in [0.15, 0.2) is 0 Å². The molecule has 1 heterocycles. The number of rotatable bonds is 2. The minimum Gasteiger partial charge on any atom is -0.383 e. The van der Waals surface area contributed by atoms with Crippen LogP contribution in [0.25, 0.3) is 0 Å². The molecular formula is C12H12F2N2O. The molecule has 0 saturated heterocycles. The van der Waals surface area contributed by atoms with Crippen molar-refractivity contribution in [1.29, 1.82) is 0 Å². The van der Waals surface area contributed by atoms with E-state index in [4.69, 9.17) is 0 Å². The zero-order valence-corrected chi connectivity index (χ0v) is 9.48. The summed E-state index contributed by atoms with van der Waals surface area (Å²) < 4.78 is 27.8. The van der Waals surface area contributed by atoms with Crippen LogP contribution in [0, 0.1) is 18.6 Å². The van der Waals surface area contributed by atoms with Crippen molar-refractivity contribution < 1.29 is 13.9 Å². The van der Waals surface area contributed by atoms with E-state index in [0.29, 0.717) is 11.3 Å². The molecule has 90 valence electrons. The van der Waals surface area contributed by atoms with E-state index in [0.717, 1.165) is 12.1 Å². The van der Waals surface area contributed by atoms with Crippen molar-refractivity contribution in [1.82, 2.24) is 9.78 Å². The summed E-state index contributed by atoms with van der Waals surface area (Å²) in [5, 5.41) is 14.1. The highest BCUT2D eigenvalue weighted by atomic mass is 19.1. The van der Waals surface area contributed by atoms with Crippen LogP contribution in [0.3, 0.4) is 0 Å². The molecule has 1 unspecified atom stereocenters. The Bertz CT molecular complexity index is 551. The first-order valence-corrected chi connectivity index (χ1v) is 5.12. The molecule has 5 heteroatoms. The van der Waals surface area contributed by atoms with Gasteiger partial charge in [-0.1, -0.05) is 6.07 Å². The highest BCUT2D eigenvalue weighted by Crippen LogP contribution is 2.26.